The summed E-state index contributed by atoms with van der Waals surface area (Å²) < 4.78 is 70.0. The van der Waals surface area contributed by atoms with Gasteiger partial charge in [0.1, 0.15) is 12.6 Å². The van der Waals surface area contributed by atoms with Crippen molar-refractivity contribution in [3.63, 3.8) is 0 Å². The number of rotatable bonds is 11. The lowest BCUT2D eigenvalue weighted by Crippen LogP contribution is -2.53. The monoisotopic (exact) mass is 677 g/mol. The Kier molecular flexibility index (Phi) is 10.8. The fraction of sp³-hybridized carbons (Fsp3) is 0.188. The number of hydrogen-bond donors (Lipinski definition) is 1. The fourth-order valence-electron chi connectivity index (χ4n) is 4.69. The maximum atomic E-state index is 14.3. The Morgan fingerprint density at radius 1 is 0.844 bits per heavy atom. The molecule has 0 unspecified atom stereocenters. The quantitative estimate of drug-likeness (QED) is 0.194. The van der Waals surface area contributed by atoms with Crippen LogP contribution in [0.1, 0.15) is 16.7 Å². The number of sulfonamides is 1. The zero-order valence-electron chi connectivity index (χ0n) is 23.8. The summed E-state index contributed by atoms with van der Waals surface area (Å²) in [5.74, 6) is -1.37. The molecule has 0 bridgehead atoms. The first kappa shape index (κ1) is 33.8. The highest BCUT2D eigenvalue weighted by molar-refractivity contribution is 7.92. The third kappa shape index (κ3) is 8.36. The molecular formula is C32H28Cl2F3N3O4S. The van der Waals surface area contributed by atoms with Crippen molar-refractivity contribution < 1.29 is 31.2 Å². The minimum Gasteiger partial charge on any atom is -0.357 e. The average molecular weight is 679 g/mol. The number of amides is 2. The molecule has 4 rings (SSSR count). The van der Waals surface area contributed by atoms with Crippen LogP contribution in [0, 0.1) is 0 Å². The predicted octanol–water partition coefficient (Wildman–Crippen LogP) is 6.59. The standard InChI is InChI=1S/C32H28Cl2F3N3O4S/c1-38-31(42)29(18-22-9-4-2-5-10-22)39(20-23-11-8-12-24(33)17-23)30(41)21-40(45(43,44)26-13-6-3-7-14-26)25-15-16-28(34)27(19-25)32(35,36)37/h2-17,19,29H,18,20-21H2,1H3,(H,38,42)/t29-/m0/s1. The van der Waals surface area contributed by atoms with E-state index in [0.717, 1.165) is 17.7 Å². The molecule has 0 aliphatic carbocycles. The first-order valence-electron chi connectivity index (χ1n) is 13.5. The summed E-state index contributed by atoms with van der Waals surface area (Å²) >= 11 is 12.0. The summed E-state index contributed by atoms with van der Waals surface area (Å²) in [5, 5.41) is 2.29. The lowest BCUT2D eigenvalue weighted by molar-refractivity contribution is -0.139. The van der Waals surface area contributed by atoms with Gasteiger partial charge >= 0.3 is 6.18 Å². The van der Waals surface area contributed by atoms with Crippen LogP contribution in [0.25, 0.3) is 0 Å². The molecule has 4 aromatic rings. The van der Waals surface area contributed by atoms with Crippen LogP contribution in [0.5, 0.6) is 0 Å². The molecule has 0 heterocycles. The van der Waals surface area contributed by atoms with Gasteiger partial charge in [-0.3, -0.25) is 13.9 Å². The summed E-state index contributed by atoms with van der Waals surface area (Å²) in [6.07, 6.45) is -4.84. The lowest BCUT2D eigenvalue weighted by Gasteiger charge is -2.33. The second kappa shape index (κ2) is 14.4. The van der Waals surface area contributed by atoms with Crippen LogP contribution in [-0.2, 0) is 38.8 Å². The van der Waals surface area contributed by atoms with E-state index in [1.165, 1.54) is 36.2 Å². The van der Waals surface area contributed by atoms with Crippen LogP contribution < -0.4 is 9.62 Å². The smallest absolute Gasteiger partial charge is 0.357 e. The van der Waals surface area contributed by atoms with Gasteiger partial charge in [0, 0.05) is 25.0 Å². The molecule has 236 valence electrons. The van der Waals surface area contributed by atoms with Crippen LogP contribution in [0.3, 0.4) is 0 Å². The number of halogens is 5. The Labute approximate surface area is 269 Å². The molecule has 7 nitrogen and oxygen atoms in total. The molecule has 0 saturated heterocycles. The molecule has 0 fully saturated rings. The van der Waals surface area contributed by atoms with Crippen molar-refractivity contribution in [3.8, 4) is 0 Å². The van der Waals surface area contributed by atoms with E-state index < -0.39 is 56.9 Å². The SMILES string of the molecule is CNC(=O)[C@H](Cc1ccccc1)N(Cc1cccc(Cl)c1)C(=O)CN(c1ccc(Cl)c(C(F)(F)F)c1)S(=O)(=O)c1ccccc1. The van der Waals surface area contributed by atoms with Gasteiger partial charge < -0.3 is 10.2 Å². The van der Waals surface area contributed by atoms with E-state index in [9.17, 15) is 31.2 Å². The van der Waals surface area contributed by atoms with Crippen molar-refractivity contribution in [1.82, 2.24) is 10.2 Å². The van der Waals surface area contributed by atoms with E-state index >= 15 is 0 Å². The third-order valence-corrected chi connectivity index (χ3v) is 9.27. The van der Waals surface area contributed by atoms with Gasteiger partial charge in [-0.1, -0.05) is 83.9 Å². The molecule has 45 heavy (non-hydrogen) atoms. The Balaban J connectivity index is 1.84. The van der Waals surface area contributed by atoms with Crippen LogP contribution in [0.2, 0.25) is 10.0 Å². The van der Waals surface area contributed by atoms with Crippen molar-refractivity contribution in [2.24, 2.45) is 0 Å². The minimum atomic E-state index is -4.90. The first-order valence-corrected chi connectivity index (χ1v) is 15.7. The molecule has 0 radical (unpaired) electrons. The van der Waals surface area contributed by atoms with Crippen molar-refractivity contribution in [2.45, 2.75) is 30.1 Å². The highest BCUT2D eigenvalue weighted by Gasteiger charge is 2.37. The van der Waals surface area contributed by atoms with Crippen molar-refractivity contribution in [1.29, 1.82) is 0 Å². The van der Waals surface area contributed by atoms with Gasteiger partial charge in [-0.2, -0.15) is 13.2 Å². The number of alkyl halides is 3. The first-order chi connectivity index (χ1) is 21.3. The number of nitrogens with one attached hydrogen (secondary N) is 1. The molecule has 1 atom stereocenters. The van der Waals surface area contributed by atoms with Crippen LogP contribution in [-0.4, -0.2) is 44.8 Å². The molecular weight excluding hydrogens is 650 g/mol. The second-order valence-corrected chi connectivity index (χ2v) is 12.7. The predicted molar refractivity (Wildman–Crippen MR) is 167 cm³/mol. The Hall–Kier alpha value is -4.06. The Bertz CT molecular complexity index is 1760. The van der Waals surface area contributed by atoms with Gasteiger partial charge in [-0.15, -0.1) is 0 Å². The van der Waals surface area contributed by atoms with Gasteiger partial charge in [0.2, 0.25) is 11.8 Å². The molecule has 0 aliphatic rings. The Morgan fingerprint density at radius 2 is 1.47 bits per heavy atom. The van der Waals surface area contributed by atoms with E-state index in [-0.39, 0.29) is 17.9 Å². The van der Waals surface area contributed by atoms with Crippen molar-refractivity contribution in [2.75, 3.05) is 17.9 Å². The van der Waals surface area contributed by atoms with Gasteiger partial charge in [0.25, 0.3) is 10.0 Å². The van der Waals surface area contributed by atoms with E-state index in [1.54, 1.807) is 60.7 Å². The third-order valence-electron chi connectivity index (χ3n) is 6.91. The number of likely N-dealkylation sites (N-methyl/N-ethyl adjacent to an activating group) is 1. The van der Waals surface area contributed by atoms with Crippen molar-refractivity contribution in [3.05, 3.63) is 130 Å². The van der Waals surface area contributed by atoms with Crippen molar-refractivity contribution >= 4 is 50.7 Å². The number of benzene rings is 4. The minimum absolute atomic E-state index is 0.0669. The number of hydrogen-bond acceptors (Lipinski definition) is 4. The van der Waals surface area contributed by atoms with Gasteiger partial charge in [-0.05, 0) is 53.6 Å². The molecule has 13 heteroatoms. The maximum absolute atomic E-state index is 14.3. The molecule has 0 aliphatic heterocycles. The zero-order chi connectivity index (χ0) is 32.8. The molecule has 1 N–H and O–H groups in total. The number of nitrogens with zero attached hydrogens (tertiary/aromatic N) is 2. The van der Waals surface area contributed by atoms with Gasteiger partial charge in [0.15, 0.2) is 0 Å². The molecule has 0 spiro atoms. The summed E-state index contributed by atoms with van der Waals surface area (Å²) in [7, 11) is -3.19. The molecule has 2 amide bonds. The Morgan fingerprint density at radius 3 is 2.07 bits per heavy atom. The largest absolute Gasteiger partial charge is 0.417 e. The summed E-state index contributed by atoms with van der Waals surface area (Å²) in [4.78, 5) is 28.5. The zero-order valence-corrected chi connectivity index (χ0v) is 26.2. The topological polar surface area (TPSA) is 86.8 Å². The molecule has 0 saturated carbocycles. The number of carbonyl (C=O) groups excluding carboxylic acids is 2. The average Bonchev–Trinajstić information content (AvgIpc) is 3.01. The number of anilines is 1. The van der Waals surface area contributed by atoms with E-state index in [4.69, 9.17) is 23.2 Å². The lowest BCUT2D eigenvalue weighted by atomic mass is 10.0. The second-order valence-electron chi connectivity index (χ2n) is 9.96. The summed E-state index contributed by atoms with van der Waals surface area (Å²) in [5.41, 5.74) is -0.450. The summed E-state index contributed by atoms with van der Waals surface area (Å²) in [6.45, 7) is -1.09. The highest BCUT2D eigenvalue weighted by atomic mass is 35.5. The van der Waals surface area contributed by atoms with Crippen LogP contribution in [0.4, 0.5) is 18.9 Å². The summed E-state index contributed by atoms with van der Waals surface area (Å²) in [6, 6.07) is 23.9. The van der Waals surface area contributed by atoms with E-state index in [1.807, 2.05) is 0 Å². The van der Waals surface area contributed by atoms with Gasteiger partial charge in [0.05, 0.1) is 21.2 Å². The normalized spacial score (nSPS) is 12.3. The number of carbonyl (C=O) groups is 2. The molecule has 0 aromatic heterocycles. The van der Waals surface area contributed by atoms with E-state index in [2.05, 4.69) is 5.32 Å². The van der Waals surface area contributed by atoms with E-state index in [0.29, 0.717) is 21.0 Å². The van der Waals surface area contributed by atoms with Crippen LogP contribution >= 0.6 is 23.2 Å². The highest BCUT2D eigenvalue weighted by Crippen LogP contribution is 2.38. The molecule has 4 aromatic carbocycles. The fourth-order valence-corrected chi connectivity index (χ4v) is 6.55. The van der Waals surface area contributed by atoms with Gasteiger partial charge in [-0.25, -0.2) is 8.42 Å². The van der Waals surface area contributed by atoms with Crippen LogP contribution in [0.15, 0.2) is 108 Å². The maximum Gasteiger partial charge on any atom is 0.417 e.